The average Bonchev–Trinajstić information content (AvgIpc) is 3.32. The van der Waals surface area contributed by atoms with E-state index < -0.39 is 57.8 Å². The first-order valence-corrected chi connectivity index (χ1v) is 28.0. The summed E-state index contributed by atoms with van der Waals surface area (Å²) < 4.78 is 39.3. The molecule has 12 heteroatoms. The van der Waals surface area contributed by atoms with Crippen LogP contribution in [0.25, 0.3) is 0 Å². The fourth-order valence-corrected chi connectivity index (χ4v) is 7.48. The molecule has 0 aliphatic heterocycles. The molecular weight excluding hydrogens is 880 g/mol. The summed E-state index contributed by atoms with van der Waals surface area (Å²) in [6, 6.07) is 0. The third kappa shape index (κ3) is 47.7. The van der Waals surface area contributed by atoms with Crippen LogP contribution in [-0.2, 0) is 42.2 Å². The molecular formula is C56H95O11P. The zero-order chi connectivity index (χ0) is 49.9. The maximum Gasteiger partial charge on any atom is 0.472 e. The van der Waals surface area contributed by atoms with Crippen molar-refractivity contribution in [2.45, 2.75) is 226 Å². The van der Waals surface area contributed by atoms with Gasteiger partial charge < -0.3 is 24.2 Å². The predicted octanol–water partition coefficient (Wildman–Crippen LogP) is 15.1. The van der Waals surface area contributed by atoms with Crippen LogP contribution in [0.3, 0.4) is 0 Å². The Kier molecular flexibility index (Phi) is 47.6. The Bertz CT molecular complexity index is 1460. The second-order valence-corrected chi connectivity index (χ2v) is 18.8. The van der Waals surface area contributed by atoms with E-state index in [0.717, 1.165) is 128 Å². The Balaban J connectivity index is 4.77. The number of carbonyl (C=O) groups is 3. The van der Waals surface area contributed by atoms with Crippen molar-refractivity contribution in [1.82, 2.24) is 0 Å². The van der Waals surface area contributed by atoms with Crippen LogP contribution in [0.4, 0.5) is 0 Å². The molecule has 3 unspecified atom stereocenters. The van der Waals surface area contributed by atoms with E-state index in [0.29, 0.717) is 19.3 Å². The van der Waals surface area contributed by atoms with Gasteiger partial charge in [-0.2, -0.15) is 0 Å². The zero-order valence-electron chi connectivity index (χ0n) is 42.8. The van der Waals surface area contributed by atoms with E-state index in [2.05, 4.69) is 106 Å². The summed E-state index contributed by atoms with van der Waals surface area (Å²) in [5.74, 6) is -1.53. The molecule has 0 saturated heterocycles. The molecule has 0 saturated carbocycles. The van der Waals surface area contributed by atoms with Gasteiger partial charge in [-0.15, -0.1) is 0 Å². The monoisotopic (exact) mass is 975 g/mol. The largest absolute Gasteiger partial charge is 0.472 e. The molecule has 0 bridgehead atoms. The predicted molar refractivity (Wildman–Crippen MR) is 279 cm³/mol. The van der Waals surface area contributed by atoms with Crippen LogP contribution in [0.2, 0.25) is 0 Å². The summed E-state index contributed by atoms with van der Waals surface area (Å²) in [5.41, 5.74) is 0. The lowest BCUT2D eigenvalue weighted by molar-refractivity contribution is -0.161. The molecule has 2 N–H and O–H groups in total. The van der Waals surface area contributed by atoms with Gasteiger partial charge in [0.05, 0.1) is 19.8 Å². The minimum absolute atomic E-state index is 0.146. The van der Waals surface area contributed by atoms with Crippen molar-refractivity contribution in [3.05, 3.63) is 85.1 Å². The Morgan fingerprint density at radius 3 is 1.21 bits per heavy atom. The summed E-state index contributed by atoms with van der Waals surface area (Å²) >= 11 is 0. The van der Waals surface area contributed by atoms with E-state index in [1.165, 1.54) is 25.7 Å². The van der Waals surface area contributed by atoms with Crippen LogP contribution in [0.15, 0.2) is 85.1 Å². The van der Waals surface area contributed by atoms with E-state index in [-0.39, 0.29) is 25.9 Å². The fourth-order valence-electron chi connectivity index (χ4n) is 6.70. The van der Waals surface area contributed by atoms with Gasteiger partial charge in [0.15, 0.2) is 6.10 Å². The van der Waals surface area contributed by atoms with Crippen molar-refractivity contribution in [1.29, 1.82) is 0 Å². The number of aliphatic hydroxyl groups excluding tert-OH is 1. The molecule has 11 nitrogen and oxygen atoms in total. The van der Waals surface area contributed by atoms with E-state index >= 15 is 0 Å². The molecule has 390 valence electrons. The van der Waals surface area contributed by atoms with Gasteiger partial charge in [-0.25, -0.2) is 4.57 Å². The lowest BCUT2D eigenvalue weighted by Crippen LogP contribution is -2.30. The normalized spacial score (nSPS) is 14.1. The van der Waals surface area contributed by atoms with Crippen LogP contribution in [0.1, 0.15) is 213 Å². The van der Waals surface area contributed by atoms with Gasteiger partial charge in [0.25, 0.3) is 0 Å². The summed E-state index contributed by atoms with van der Waals surface area (Å²) in [6.45, 7) is 4.37. The first-order chi connectivity index (χ1) is 33.2. The van der Waals surface area contributed by atoms with Crippen LogP contribution in [0, 0.1) is 0 Å². The summed E-state index contributed by atoms with van der Waals surface area (Å²) in [7, 11) is -4.75. The van der Waals surface area contributed by atoms with E-state index in [4.69, 9.17) is 23.3 Å². The quantitative estimate of drug-likeness (QED) is 0.0197. The van der Waals surface area contributed by atoms with Crippen LogP contribution in [-0.4, -0.2) is 66.5 Å². The van der Waals surface area contributed by atoms with Gasteiger partial charge in [-0.05, 0) is 103 Å². The standard InChI is InChI=1S/C56H95O11P/c1-4-7-10-13-16-19-22-23-24-25-26-27-28-29-32-33-36-39-42-45-54(58)63-49-53(67-56(60)47-44-41-38-35-31-21-18-15-12-9-6-3)51-65-68(61,62)64-50-52(48-57)66-55(59)46-43-40-37-34-30-20-17-14-11-8-5-2/h7,10,14-19,23-24,26-27,29,32,52-53,57H,4-6,8-9,11-13,20-22,25,28,30-31,33-51H2,1-3H3,(H,61,62)/b10-7-,17-14-,18-15-,19-16-,24-23-,27-26-,32-29-. The van der Waals surface area contributed by atoms with E-state index in [1.807, 2.05) is 0 Å². The Morgan fingerprint density at radius 1 is 0.426 bits per heavy atom. The van der Waals surface area contributed by atoms with Crippen molar-refractivity contribution < 1.29 is 52.2 Å². The van der Waals surface area contributed by atoms with Crippen LogP contribution in [0.5, 0.6) is 0 Å². The van der Waals surface area contributed by atoms with Gasteiger partial charge in [-0.1, -0.05) is 176 Å². The molecule has 0 aromatic rings. The van der Waals surface area contributed by atoms with Crippen LogP contribution >= 0.6 is 7.82 Å². The number of hydrogen-bond donors (Lipinski definition) is 2. The number of aliphatic hydroxyl groups is 1. The highest BCUT2D eigenvalue weighted by atomic mass is 31.2. The Morgan fingerprint density at radius 2 is 0.765 bits per heavy atom. The maximum absolute atomic E-state index is 12.8. The third-order valence-corrected chi connectivity index (χ3v) is 11.7. The van der Waals surface area contributed by atoms with Crippen molar-refractivity contribution in [2.75, 3.05) is 26.4 Å². The lowest BCUT2D eigenvalue weighted by atomic mass is 10.1. The number of esters is 3. The third-order valence-electron chi connectivity index (χ3n) is 10.8. The van der Waals surface area contributed by atoms with Gasteiger partial charge in [0.1, 0.15) is 12.7 Å². The van der Waals surface area contributed by atoms with Gasteiger partial charge in [0.2, 0.25) is 0 Å². The molecule has 0 rings (SSSR count). The first kappa shape index (κ1) is 64.7. The first-order valence-electron chi connectivity index (χ1n) is 26.5. The summed E-state index contributed by atoms with van der Waals surface area (Å²) in [5, 5.41) is 9.76. The van der Waals surface area contributed by atoms with Crippen molar-refractivity contribution in [2.24, 2.45) is 0 Å². The minimum Gasteiger partial charge on any atom is -0.462 e. The van der Waals surface area contributed by atoms with Crippen molar-refractivity contribution in [3.63, 3.8) is 0 Å². The molecule has 68 heavy (non-hydrogen) atoms. The molecule has 0 aliphatic rings. The van der Waals surface area contributed by atoms with Gasteiger partial charge >= 0.3 is 25.7 Å². The van der Waals surface area contributed by atoms with Gasteiger partial charge in [-0.3, -0.25) is 23.4 Å². The number of rotatable bonds is 48. The molecule has 0 fully saturated rings. The molecule has 0 amide bonds. The number of unbranched alkanes of at least 4 members (excludes halogenated alkanes) is 17. The van der Waals surface area contributed by atoms with E-state index in [1.54, 1.807) is 0 Å². The number of carbonyl (C=O) groups excluding carboxylic acids is 3. The van der Waals surface area contributed by atoms with Crippen molar-refractivity contribution >= 4 is 25.7 Å². The smallest absolute Gasteiger partial charge is 0.462 e. The zero-order valence-corrected chi connectivity index (χ0v) is 43.7. The number of phosphoric acid groups is 1. The molecule has 0 aliphatic carbocycles. The maximum atomic E-state index is 12.8. The second-order valence-electron chi connectivity index (χ2n) is 17.3. The highest BCUT2D eigenvalue weighted by Gasteiger charge is 2.28. The van der Waals surface area contributed by atoms with Gasteiger partial charge in [0, 0.05) is 19.3 Å². The molecule has 0 spiro atoms. The number of ether oxygens (including phenoxy) is 3. The highest BCUT2D eigenvalue weighted by Crippen LogP contribution is 2.43. The number of allylic oxidation sites excluding steroid dienone is 14. The summed E-state index contributed by atoms with van der Waals surface area (Å²) in [6.07, 6.45) is 55.6. The molecule has 3 atom stereocenters. The average molecular weight is 975 g/mol. The summed E-state index contributed by atoms with van der Waals surface area (Å²) in [4.78, 5) is 48.3. The minimum atomic E-state index is -4.75. The van der Waals surface area contributed by atoms with Crippen LogP contribution < -0.4 is 0 Å². The Labute approximate surface area is 413 Å². The molecule has 0 aromatic carbocycles. The molecule has 0 heterocycles. The lowest BCUT2D eigenvalue weighted by Gasteiger charge is -2.21. The van der Waals surface area contributed by atoms with E-state index in [9.17, 15) is 28.9 Å². The fraction of sp³-hybridized carbons (Fsp3) is 0.696. The number of hydrogen-bond acceptors (Lipinski definition) is 10. The highest BCUT2D eigenvalue weighted by molar-refractivity contribution is 7.47. The topological polar surface area (TPSA) is 155 Å². The Hall–Kier alpha value is -3.34. The SMILES string of the molecule is CC/C=C\C/C=C\C/C=C\C/C=C\C/C=C\CCCCCC(=O)OCC(COP(=O)(O)OCC(CO)OC(=O)CCCCCCC/C=C\CCCC)OC(=O)CCCCCCC/C=C\CCCC. The number of phosphoric ester groups is 1. The molecule has 0 aromatic heterocycles. The molecule has 0 radical (unpaired) electrons. The second kappa shape index (κ2) is 50.1. The van der Waals surface area contributed by atoms with Crippen molar-refractivity contribution in [3.8, 4) is 0 Å².